The van der Waals surface area contributed by atoms with Crippen LogP contribution in [0.15, 0.2) is 59.8 Å². The third-order valence-electron chi connectivity index (χ3n) is 4.69. The van der Waals surface area contributed by atoms with E-state index in [0.29, 0.717) is 16.4 Å². The van der Waals surface area contributed by atoms with Crippen molar-refractivity contribution >= 4 is 17.5 Å². The highest BCUT2D eigenvalue weighted by molar-refractivity contribution is 6.30. The van der Waals surface area contributed by atoms with Crippen molar-refractivity contribution in [3.8, 4) is 22.8 Å². The van der Waals surface area contributed by atoms with Crippen molar-refractivity contribution in [1.29, 1.82) is 0 Å². The summed E-state index contributed by atoms with van der Waals surface area (Å²) in [4.78, 5) is 25.8. The fourth-order valence-electron chi connectivity index (χ4n) is 3.02. The zero-order valence-corrected chi connectivity index (χ0v) is 18.1. The van der Waals surface area contributed by atoms with Crippen LogP contribution in [0.25, 0.3) is 22.8 Å². The van der Waals surface area contributed by atoms with Gasteiger partial charge in [0, 0.05) is 35.9 Å². The van der Waals surface area contributed by atoms with E-state index in [-0.39, 0.29) is 18.0 Å². The van der Waals surface area contributed by atoms with E-state index in [1.807, 2.05) is 12.1 Å². The van der Waals surface area contributed by atoms with E-state index >= 15 is 0 Å². The van der Waals surface area contributed by atoms with Gasteiger partial charge in [-0.15, -0.1) is 5.10 Å². The molecule has 0 fully saturated rings. The van der Waals surface area contributed by atoms with Gasteiger partial charge in [0.2, 0.25) is 0 Å². The second-order valence-corrected chi connectivity index (χ2v) is 7.65. The summed E-state index contributed by atoms with van der Waals surface area (Å²) >= 11 is 5.96. The minimum Gasteiger partial charge on any atom is -0.394 e. The van der Waals surface area contributed by atoms with Gasteiger partial charge < -0.3 is 10.4 Å². The van der Waals surface area contributed by atoms with Gasteiger partial charge in [-0.25, -0.2) is 4.68 Å². The number of hydrogen-bond acceptors (Lipinski definition) is 6. The lowest BCUT2D eigenvalue weighted by atomic mass is 10.2. The third kappa shape index (κ3) is 4.32. The van der Waals surface area contributed by atoms with Crippen molar-refractivity contribution in [1.82, 2.24) is 34.7 Å². The summed E-state index contributed by atoms with van der Waals surface area (Å²) in [6.07, 6.45) is 4.76. The van der Waals surface area contributed by atoms with Crippen LogP contribution in [0.5, 0.6) is 0 Å². The molecule has 0 bridgehead atoms. The first-order valence-corrected chi connectivity index (χ1v) is 10.1. The fraction of sp³-hybridized carbons (Fsp3) is 0.190. The maximum atomic E-state index is 13.0. The van der Waals surface area contributed by atoms with E-state index in [2.05, 4.69) is 20.6 Å². The summed E-state index contributed by atoms with van der Waals surface area (Å²) in [6.45, 7) is 1.37. The number of aliphatic hydroxyl groups excluding tert-OH is 1. The van der Waals surface area contributed by atoms with Gasteiger partial charge in [-0.1, -0.05) is 23.7 Å². The molecule has 0 unspecified atom stereocenters. The van der Waals surface area contributed by atoms with Crippen LogP contribution in [-0.4, -0.2) is 53.0 Å². The third-order valence-corrected chi connectivity index (χ3v) is 4.95. The Bertz CT molecular complexity index is 1320. The minimum atomic E-state index is -0.622. The molecule has 0 saturated carbocycles. The van der Waals surface area contributed by atoms with E-state index in [1.165, 1.54) is 21.6 Å². The van der Waals surface area contributed by atoms with Crippen molar-refractivity contribution in [3.63, 3.8) is 0 Å². The molecule has 1 aromatic carbocycles. The number of amides is 1. The summed E-state index contributed by atoms with van der Waals surface area (Å²) in [5.41, 5.74) is 1.16. The second kappa shape index (κ2) is 8.77. The molecule has 3 heterocycles. The molecule has 3 aromatic heterocycles. The van der Waals surface area contributed by atoms with Crippen molar-refractivity contribution in [2.75, 3.05) is 6.61 Å². The lowest BCUT2D eigenvalue weighted by Crippen LogP contribution is -2.39. The molecule has 0 aliphatic rings. The maximum absolute atomic E-state index is 13.0. The van der Waals surface area contributed by atoms with Crippen LogP contribution in [0.2, 0.25) is 5.02 Å². The number of rotatable bonds is 6. The molecular formula is C21H20ClN7O3. The number of halogens is 1. The largest absolute Gasteiger partial charge is 0.394 e. The molecule has 0 aliphatic heterocycles. The zero-order valence-electron chi connectivity index (χ0n) is 17.3. The number of aryl methyl sites for hydroxylation is 1. The number of nitrogens with one attached hydrogen (secondary N) is 1. The zero-order chi connectivity index (χ0) is 22.8. The molecule has 0 spiro atoms. The Morgan fingerprint density at radius 1 is 1.22 bits per heavy atom. The van der Waals surface area contributed by atoms with E-state index in [9.17, 15) is 14.7 Å². The Balaban J connectivity index is 1.81. The van der Waals surface area contributed by atoms with Gasteiger partial charge in [0.1, 0.15) is 11.3 Å². The normalized spacial score (nSPS) is 12.0. The van der Waals surface area contributed by atoms with Crippen molar-refractivity contribution in [2.45, 2.75) is 13.0 Å². The van der Waals surface area contributed by atoms with Crippen molar-refractivity contribution in [2.24, 2.45) is 7.05 Å². The lowest BCUT2D eigenvalue weighted by Gasteiger charge is -2.12. The molecule has 10 nitrogen and oxygen atoms in total. The molecule has 0 saturated heterocycles. The standard InChI is InChI=1S/C21H20ClN7O3/c1-13(12-30)24-20(31)17-9-19(26-29(21(17)32)16-10-23-27(2)11-16)28-8-7-18(25-28)14-3-5-15(22)6-4-14/h3-11,13,30H,12H2,1-2H3,(H,24,31)/t13-/m0/s1. The Labute approximate surface area is 187 Å². The van der Waals surface area contributed by atoms with Crippen LogP contribution in [0.4, 0.5) is 0 Å². The number of aromatic nitrogens is 6. The molecule has 164 valence electrons. The van der Waals surface area contributed by atoms with Gasteiger partial charge in [0.25, 0.3) is 11.5 Å². The van der Waals surface area contributed by atoms with E-state index in [0.717, 1.165) is 10.2 Å². The fourth-order valence-corrected chi connectivity index (χ4v) is 3.15. The second-order valence-electron chi connectivity index (χ2n) is 7.21. The number of carbonyl (C=O) groups is 1. The number of carbonyl (C=O) groups excluding carboxylic acids is 1. The average Bonchev–Trinajstić information content (AvgIpc) is 3.44. The Morgan fingerprint density at radius 3 is 2.62 bits per heavy atom. The number of aliphatic hydroxyl groups is 1. The van der Waals surface area contributed by atoms with Gasteiger partial charge in [0.05, 0.1) is 24.7 Å². The summed E-state index contributed by atoms with van der Waals surface area (Å²) in [5, 5.41) is 25.5. The van der Waals surface area contributed by atoms with Crippen LogP contribution in [0.1, 0.15) is 17.3 Å². The first-order chi connectivity index (χ1) is 15.4. The Kier molecular flexibility index (Phi) is 5.89. The number of hydrogen-bond donors (Lipinski definition) is 2. The minimum absolute atomic E-state index is 0.136. The highest BCUT2D eigenvalue weighted by Crippen LogP contribution is 2.20. The lowest BCUT2D eigenvalue weighted by molar-refractivity contribution is 0.0920. The quantitative estimate of drug-likeness (QED) is 0.457. The molecule has 4 rings (SSSR count). The van der Waals surface area contributed by atoms with Crippen molar-refractivity contribution in [3.05, 3.63) is 75.9 Å². The smallest absolute Gasteiger partial charge is 0.284 e. The summed E-state index contributed by atoms with van der Waals surface area (Å²) in [6, 6.07) is 9.85. The van der Waals surface area contributed by atoms with Crippen LogP contribution < -0.4 is 10.9 Å². The molecule has 2 N–H and O–H groups in total. The summed E-state index contributed by atoms with van der Waals surface area (Å²) in [7, 11) is 1.71. The van der Waals surface area contributed by atoms with Gasteiger partial charge in [-0.3, -0.25) is 14.3 Å². The Hall–Kier alpha value is -3.76. The average molecular weight is 454 g/mol. The predicted octanol–water partition coefficient (Wildman–Crippen LogP) is 1.58. The molecule has 0 radical (unpaired) electrons. The van der Waals surface area contributed by atoms with Gasteiger partial charge in [-0.05, 0) is 25.1 Å². The first-order valence-electron chi connectivity index (χ1n) is 9.73. The van der Waals surface area contributed by atoms with Crippen LogP contribution in [0.3, 0.4) is 0 Å². The van der Waals surface area contributed by atoms with Crippen LogP contribution in [-0.2, 0) is 7.05 Å². The van der Waals surface area contributed by atoms with Crippen LogP contribution in [0, 0.1) is 0 Å². The highest BCUT2D eigenvalue weighted by Gasteiger charge is 2.20. The first kappa shape index (κ1) is 21.5. The Morgan fingerprint density at radius 2 is 1.97 bits per heavy atom. The van der Waals surface area contributed by atoms with Crippen LogP contribution >= 0.6 is 11.6 Å². The number of benzene rings is 1. The monoisotopic (exact) mass is 453 g/mol. The van der Waals surface area contributed by atoms with Gasteiger partial charge in [0.15, 0.2) is 5.82 Å². The van der Waals surface area contributed by atoms with E-state index in [4.69, 9.17) is 11.6 Å². The highest BCUT2D eigenvalue weighted by atomic mass is 35.5. The maximum Gasteiger partial charge on any atom is 0.284 e. The summed E-state index contributed by atoms with van der Waals surface area (Å²) in [5.74, 6) is -0.363. The van der Waals surface area contributed by atoms with Gasteiger partial charge >= 0.3 is 0 Å². The topological polar surface area (TPSA) is 120 Å². The van der Waals surface area contributed by atoms with Crippen molar-refractivity contribution < 1.29 is 9.90 Å². The molecule has 1 atom stereocenters. The molecule has 32 heavy (non-hydrogen) atoms. The molecule has 0 aliphatic carbocycles. The summed E-state index contributed by atoms with van der Waals surface area (Å²) < 4.78 is 4.10. The van der Waals surface area contributed by atoms with E-state index in [1.54, 1.807) is 44.6 Å². The molecule has 1 amide bonds. The SMILES string of the molecule is C[C@@H](CO)NC(=O)c1cc(-n2ccc(-c3ccc(Cl)cc3)n2)nn(-c2cnn(C)c2)c1=O. The van der Waals surface area contributed by atoms with E-state index < -0.39 is 17.5 Å². The predicted molar refractivity (Wildman–Crippen MR) is 118 cm³/mol. The molecule has 4 aromatic rings. The molecule has 11 heteroatoms. The molecular weight excluding hydrogens is 434 g/mol. The van der Waals surface area contributed by atoms with Gasteiger partial charge in [-0.2, -0.15) is 14.9 Å². The number of nitrogens with zero attached hydrogens (tertiary/aromatic N) is 6.